The summed E-state index contributed by atoms with van der Waals surface area (Å²) in [5.41, 5.74) is 7.48. The number of nitrogens with zero attached hydrogens (tertiary/aromatic N) is 3. The zero-order valence-electron chi connectivity index (χ0n) is 9.13. The van der Waals surface area contributed by atoms with Gasteiger partial charge in [-0.1, -0.05) is 0 Å². The Labute approximate surface area is 90.0 Å². The molecule has 2 aliphatic rings. The standard InChI is InChI=1S/C11H18N4/c1-14-10(4-6-13-14)11-9(12)5-7-15(11)8-2-3-8/h4,6,8-9,11H,2-3,5,7,12H2,1H3. The van der Waals surface area contributed by atoms with E-state index in [2.05, 4.69) is 16.1 Å². The first kappa shape index (κ1) is 9.36. The lowest BCUT2D eigenvalue weighted by atomic mass is 10.1. The van der Waals surface area contributed by atoms with Gasteiger partial charge in [0.1, 0.15) is 0 Å². The van der Waals surface area contributed by atoms with Crippen molar-refractivity contribution in [3.05, 3.63) is 18.0 Å². The zero-order valence-corrected chi connectivity index (χ0v) is 9.13. The number of nitrogens with two attached hydrogens (primary N) is 1. The van der Waals surface area contributed by atoms with E-state index in [0.29, 0.717) is 6.04 Å². The predicted molar refractivity (Wildman–Crippen MR) is 58.3 cm³/mol. The molecule has 2 heterocycles. The molecule has 1 saturated heterocycles. The third-order valence-electron chi connectivity index (χ3n) is 3.66. The summed E-state index contributed by atoms with van der Waals surface area (Å²) in [5.74, 6) is 0. The fourth-order valence-electron chi connectivity index (χ4n) is 2.72. The quantitative estimate of drug-likeness (QED) is 0.773. The summed E-state index contributed by atoms with van der Waals surface area (Å²) in [6.45, 7) is 1.15. The van der Waals surface area contributed by atoms with Gasteiger partial charge in [-0.2, -0.15) is 5.10 Å². The average molecular weight is 206 g/mol. The topological polar surface area (TPSA) is 47.1 Å². The van der Waals surface area contributed by atoms with E-state index in [1.807, 2.05) is 17.9 Å². The number of likely N-dealkylation sites (tertiary alicyclic amines) is 1. The summed E-state index contributed by atoms with van der Waals surface area (Å²) in [6.07, 6.45) is 5.68. The van der Waals surface area contributed by atoms with Gasteiger partial charge in [-0.15, -0.1) is 0 Å². The van der Waals surface area contributed by atoms with E-state index in [0.717, 1.165) is 19.0 Å². The Hall–Kier alpha value is -0.870. The van der Waals surface area contributed by atoms with E-state index in [1.165, 1.54) is 18.5 Å². The summed E-state index contributed by atoms with van der Waals surface area (Å²) in [7, 11) is 2.01. The molecule has 0 spiro atoms. The van der Waals surface area contributed by atoms with Crippen LogP contribution in [-0.4, -0.2) is 33.3 Å². The van der Waals surface area contributed by atoms with Gasteiger partial charge >= 0.3 is 0 Å². The molecular weight excluding hydrogens is 188 g/mol. The molecule has 0 amide bonds. The Bertz CT molecular complexity index is 355. The van der Waals surface area contributed by atoms with Crippen LogP contribution in [0.15, 0.2) is 12.3 Å². The second-order valence-corrected chi connectivity index (χ2v) is 4.75. The van der Waals surface area contributed by atoms with Crippen molar-refractivity contribution in [2.24, 2.45) is 12.8 Å². The molecule has 1 aliphatic carbocycles. The molecule has 15 heavy (non-hydrogen) atoms. The van der Waals surface area contributed by atoms with E-state index >= 15 is 0 Å². The molecule has 1 aliphatic heterocycles. The van der Waals surface area contributed by atoms with Gasteiger partial charge in [0.25, 0.3) is 0 Å². The Kier molecular flexibility index (Phi) is 2.07. The van der Waals surface area contributed by atoms with Gasteiger partial charge in [0.15, 0.2) is 0 Å². The number of rotatable bonds is 2. The maximum Gasteiger partial charge on any atom is 0.0673 e. The van der Waals surface area contributed by atoms with Gasteiger partial charge in [-0.05, 0) is 25.3 Å². The summed E-state index contributed by atoms with van der Waals surface area (Å²) >= 11 is 0. The molecule has 0 radical (unpaired) electrons. The number of hydrogen-bond acceptors (Lipinski definition) is 3. The molecule has 1 aromatic rings. The van der Waals surface area contributed by atoms with Gasteiger partial charge in [0, 0.05) is 31.9 Å². The van der Waals surface area contributed by atoms with Crippen molar-refractivity contribution in [1.29, 1.82) is 0 Å². The van der Waals surface area contributed by atoms with Crippen LogP contribution in [0.5, 0.6) is 0 Å². The number of aryl methyl sites for hydroxylation is 1. The summed E-state index contributed by atoms with van der Waals surface area (Å²) in [5, 5.41) is 4.24. The van der Waals surface area contributed by atoms with E-state index in [1.54, 1.807) is 0 Å². The third kappa shape index (κ3) is 1.48. The molecule has 4 heteroatoms. The van der Waals surface area contributed by atoms with E-state index < -0.39 is 0 Å². The monoisotopic (exact) mass is 206 g/mol. The smallest absolute Gasteiger partial charge is 0.0673 e. The predicted octanol–water partition coefficient (Wildman–Crippen LogP) is 0.657. The van der Waals surface area contributed by atoms with Gasteiger partial charge in [0.2, 0.25) is 0 Å². The molecule has 2 fully saturated rings. The van der Waals surface area contributed by atoms with Crippen molar-refractivity contribution in [2.45, 2.75) is 37.4 Å². The number of aromatic nitrogens is 2. The molecule has 3 rings (SSSR count). The normalized spacial score (nSPS) is 32.4. The molecule has 4 nitrogen and oxygen atoms in total. The zero-order chi connectivity index (χ0) is 10.4. The number of hydrogen-bond donors (Lipinski definition) is 1. The Morgan fingerprint density at radius 2 is 2.20 bits per heavy atom. The second kappa shape index (κ2) is 3.32. The van der Waals surface area contributed by atoms with Crippen molar-refractivity contribution in [2.75, 3.05) is 6.54 Å². The van der Waals surface area contributed by atoms with Crippen LogP contribution in [0.1, 0.15) is 31.0 Å². The van der Waals surface area contributed by atoms with Crippen LogP contribution in [0.25, 0.3) is 0 Å². The minimum atomic E-state index is 0.279. The molecule has 0 aromatic carbocycles. The SMILES string of the molecule is Cn1nccc1C1C(N)CCN1C1CC1. The van der Waals surface area contributed by atoms with Crippen molar-refractivity contribution >= 4 is 0 Å². The van der Waals surface area contributed by atoms with Crippen molar-refractivity contribution in [3.8, 4) is 0 Å². The Morgan fingerprint density at radius 1 is 1.40 bits per heavy atom. The van der Waals surface area contributed by atoms with Gasteiger partial charge in [0.05, 0.1) is 11.7 Å². The lowest BCUT2D eigenvalue weighted by Crippen LogP contribution is -2.34. The lowest BCUT2D eigenvalue weighted by molar-refractivity contribution is 0.228. The molecule has 1 saturated carbocycles. The molecule has 1 aromatic heterocycles. The fraction of sp³-hybridized carbons (Fsp3) is 0.727. The highest BCUT2D eigenvalue weighted by Gasteiger charge is 2.42. The second-order valence-electron chi connectivity index (χ2n) is 4.75. The highest BCUT2D eigenvalue weighted by Crippen LogP contribution is 2.39. The first-order valence-corrected chi connectivity index (χ1v) is 5.76. The third-order valence-corrected chi connectivity index (χ3v) is 3.66. The van der Waals surface area contributed by atoms with E-state index in [4.69, 9.17) is 5.73 Å². The van der Waals surface area contributed by atoms with E-state index in [-0.39, 0.29) is 6.04 Å². The van der Waals surface area contributed by atoms with Crippen LogP contribution < -0.4 is 5.73 Å². The molecular formula is C11H18N4. The molecule has 2 unspecified atom stereocenters. The first-order chi connectivity index (χ1) is 7.27. The summed E-state index contributed by atoms with van der Waals surface area (Å²) in [6, 6.07) is 3.56. The average Bonchev–Trinajstić information content (AvgIpc) is 2.88. The van der Waals surface area contributed by atoms with Crippen molar-refractivity contribution < 1.29 is 0 Å². The summed E-state index contributed by atoms with van der Waals surface area (Å²) < 4.78 is 1.96. The fourth-order valence-corrected chi connectivity index (χ4v) is 2.72. The molecule has 0 bridgehead atoms. The minimum Gasteiger partial charge on any atom is -0.326 e. The van der Waals surface area contributed by atoms with Crippen LogP contribution in [0.4, 0.5) is 0 Å². The van der Waals surface area contributed by atoms with Crippen LogP contribution in [0.2, 0.25) is 0 Å². The largest absolute Gasteiger partial charge is 0.326 e. The first-order valence-electron chi connectivity index (χ1n) is 5.76. The lowest BCUT2D eigenvalue weighted by Gasteiger charge is -2.26. The van der Waals surface area contributed by atoms with Gasteiger partial charge in [-0.25, -0.2) is 0 Å². The maximum atomic E-state index is 6.21. The maximum absolute atomic E-state index is 6.21. The highest BCUT2D eigenvalue weighted by atomic mass is 15.3. The van der Waals surface area contributed by atoms with Crippen LogP contribution >= 0.6 is 0 Å². The minimum absolute atomic E-state index is 0.279. The van der Waals surface area contributed by atoms with Gasteiger partial charge < -0.3 is 5.73 Å². The summed E-state index contributed by atoms with van der Waals surface area (Å²) in [4.78, 5) is 2.57. The van der Waals surface area contributed by atoms with Crippen LogP contribution in [0, 0.1) is 0 Å². The van der Waals surface area contributed by atoms with Crippen molar-refractivity contribution in [3.63, 3.8) is 0 Å². The molecule has 2 N–H and O–H groups in total. The molecule has 2 atom stereocenters. The highest BCUT2D eigenvalue weighted by molar-refractivity contribution is 5.14. The van der Waals surface area contributed by atoms with Crippen LogP contribution in [-0.2, 0) is 7.05 Å². The Balaban J connectivity index is 1.91. The van der Waals surface area contributed by atoms with E-state index in [9.17, 15) is 0 Å². The van der Waals surface area contributed by atoms with Crippen LogP contribution in [0.3, 0.4) is 0 Å². The molecule has 82 valence electrons. The van der Waals surface area contributed by atoms with Crippen molar-refractivity contribution in [1.82, 2.24) is 14.7 Å². The van der Waals surface area contributed by atoms with Gasteiger partial charge in [-0.3, -0.25) is 9.58 Å². The Morgan fingerprint density at radius 3 is 2.80 bits per heavy atom.